The molecular formula is C72H76BN3O. The molecule has 2 aliphatic carbocycles. The number of rotatable bonds is 5. The van der Waals surface area contributed by atoms with E-state index in [0.717, 1.165) is 98.1 Å². The molecule has 0 spiro atoms. The molecule has 0 fully saturated rings. The maximum Gasteiger partial charge on any atom is 0.297 e. The van der Waals surface area contributed by atoms with Crippen LogP contribution in [0.5, 0.6) is 0 Å². The minimum atomic E-state index is -0.436. The van der Waals surface area contributed by atoms with E-state index in [1.807, 2.05) is 23.1 Å². The van der Waals surface area contributed by atoms with Gasteiger partial charge < -0.3 is 19.1 Å². The lowest BCUT2D eigenvalue weighted by molar-refractivity contribution is 0.332. The first-order valence-corrected chi connectivity index (χ1v) is 28.1. The first-order valence-electron chi connectivity index (χ1n) is 30.6. The van der Waals surface area contributed by atoms with Crippen molar-refractivity contribution < 1.29 is 11.3 Å². The molecule has 0 saturated carbocycles. The number of para-hydroxylation sites is 1. The average Bonchev–Trinajstić information content (AvgIpc) is 1.46. The summed E-state index contributed by atoms with van der Waals surface area (Å²) in [6.45, 7) is 32.3. The summed E-state index contributed by atoms with van der Waals surface area (Å²) < 4.78 is 54.4. The van der Waals surface area contributed by atoms with E-state index in [-0.39, 0.29) is 57.0 Å². The minimum Gasteiger partial charge on any atom is -0.468 e. The van der Waals surface area contributed by atoms with Gasteiger partial charge in [-0.1, -0.05) is 176 Å². The molecule has 0 atom stereocenters. The van der Waals surface area contributed by atoms with Gasteiger partial charge in [0.25, 0.3) is 6.71 Å². The fraction of sp³-hybridized carbons (Fsp3) is 0.333. The van der Waals surface area contributed by atoms with E-state index in [4.69, 9.17) is 5.79 Å². The van der Waals surface area contributed by atoms with Gasteiger partial charge in [-0.05, 0) is 192 Å². The number of hydrogen-bond donors (Lipinski definition) is 0. The Balaban J connectivity index is 1.22. The number of anilines is 9. The quantitative estimate of drug-likeness (QED) is 0.160. The zero-order valence-electron chi connectivity index (χ0n) is 52.8. The molecule has 13 rings (SSSR count). The van der Waals surface area contributed by atoms with E-state index >= 15 is 0 Å². The molecular weight excluding hydrogens is 934 g/mol. The summed E-state index contributed by atoms with van der Waals surface area (Å²) in [5.74, 6) is 0. The van der Waals surface area contributed by atoms with Crippen LogP contribution in [0.15, 0.2) is 162 Å². The molecule has 0 unspecified atom stereocenters. The molecule has 0 N–H and O–H groups in total. The lowest BCUT2D eigenvalue weighted by Crippen LogP contribution is -2.61. The Hall–Kier alpha value is -6.98. The SMILES string of the molecule is [2H]c1c([2H])c([2H])c(N(c2cc3c4c(c2)N(c2ccc5c(c2)C(C)(C)CCC5(C)C)c2c(oc5cc6c(cc25)C(C)(C)CCC6(C)C)B4c2cc(C(C)(C)C)ccc2N3c2ccc(C(C)(C)C)cc2)c2ccc3ccccc3c2)c([2H])c1[2H]. The van der Waals surface area contributed by atoms with Gasteiger partial charge in [-0.3, -0.25) is 0 Å². The highest BCUT2D eigenvalue weighted by Crippen LogP contribution is 2.55. The fourth-order valence-electron chi connectivity index (χ4n) is 13.6. The van der Waals surface area contributed by atoms with Gasteiger partial charge in [0, 0.05) is 45.2 Å². The van der Waals surface area contributed by atoms with Crippen molar-refractivity contribution in [2.24, 2.45) is 0 Å². The van der Waals surface area contributed by atoms with Crippen molar-refractivity contribution in [3.63, 3.8) is 0 Å². The van der Waals surface area contributed by atoms with Gasteiger partial charge in [0.2, 0.25) is 0 Å². The molecule has 0 amide bonds. The second-order valence-electron chi connectivity index (χ2n) is 27.6. The molecule has 0 bridgehead atoms. The standard InChI is InChI=1S/C72H76BN3O/c1-67(2,3)47-25-29-50(30-26-47)75-60-33-27-48(68(4,5)6)39-59(60)73-64-61(75)41-53(74(49-22-16-15-17-23-49)51-28-24-45-20-18-19-21-46(45)38-51)42-62(64)76(52-31-32-55-56(40-52)70(9,10)35-34-69(55,7)8)65-54-43-57-58(44-63(54)77-66(65)73)72(13,14)37-36-71(57,11)12/h15-33,38-44H,34-37H2,1-14H3/i15D,16D,17D,22D,23D. The second kappa shape index (κ2) is 16.8. The molecule has 388 valence electrons. The van der Waals surface area contributed by atoms with Crippen LogP contribution in [-0.4, -0.2) is 6.71 Å². The zero-order chi connectivity index (χ0) is 58.3. The summed E-state index contributed by atoms with van der Waals surface area (Å²) in [5, 5.41) is 3.05. The van der Waals surface area contributed by atoms with Gasteiger partial charge in [-0.25, -0.2) is 0 Å². The molecule has 8 aromatic carbocycles. The molecule has 77 heavy (non-hydrogen) atoms. The first kappa shape index (κ1) is 44.1. The second-order valence-corrected chi connectivity index (χ2v) is 27.6. The fourth-order valence-corrected chi connectivity index (χ4v) is 13.6. The van der Waals surface area contributed by atoms with Gasteiger partial charge in [0.05, 0.1) is 23.9 Å². The lowest BCUT2D eigenvalue weighted by atomic mass is 9.35. The molecule has 2 aliphatic heterocycles. The predicted molar refractivity (Wildman–Crippen MR) is 330 cm³/mol. The minimum absolute atomic E-state index is 0.0256. The van der Waals surface area contributed by atoms with Crippen molar-refractivity contribution in [1.82, 2.24) is 0 Å². The number of hydrogen-bond acceptors (Lipinski definition) is 4. The summed E-state index contributed by atoms with van der Waals surface area (Å²) in [6, 6.07) is 45.0. The van der Waals surface area contributed by atoms with Crippen LogP contribution in [-0.2, 0) is 32.5 Å². The van der Waals surface area contributed by atoms with Gasteiger partial charge in [0.15, 0.2) is 0 Å². The summed E-state index contributed by atoms with van der Waals surface area (Å²) >= 11 is 0. The van der Waals surface area contributed by atoms with E-state index in [1.54, 1.807) is 0 Å². The van der Waals surface area contributed by atoms with Gasteiger partial charge in [-0.15, -0.1) is 0 Å². The molecule has 0 radical (unpaired) electrons. The summed E-state index contributed by atoms with van der Waals surface area (Å²) in [4.78, 5) is 6.80. The van der Waals surface area contributed by atoms with E-state index in [2.05, 4.69) is 216 Å². The maximum atomic E-state index is 9.76. The van der Waals surface area contributed by atoms with E-state index < -0.39 is 18.1 Å². The van der Waals surface area contributed by atoms with Gasteiger partial charge in [-0.2, -0.15) is 0 Å². The predicted octanol–water partition coefficient (Wildman–Crippen LogP) is 18.4. The highest BCUT2D eigenvalue weighted by Gasteiger charge is 2.49. The van der Waals surface area contributed by atoms with Gasteiger partial charge >= 0.3 is 0 Å². The third-order valence-electron chi connectivity index (χ3n) is 18.5. The third kappa shape index (κ3) is 7.83. The Labute approximate surface area is 466 Å². The molecule has 4 aliphatic rings. The monoisotopic (exact) mass is 1010 g/mol. The highest BCUT2D eigenvalue weighted by molar-refractivity contribution is 7.00. The Kier molecular flexibility index (Phi) is 9.59. The van der Waals surface area contributed by atoms with Crippen LogP contribution >= 0.6 is 0 Å². The third-order valence-corrected chi connectivity index (χ3v) is 18.5. The van der Waals surface area contributed by atoms with Crippen LogP contribution in [0, 0.1) is 0 Å². The van der Waals surface area contributed by atoms with Crippen molar-refractivity contribution >= 4 is 96.2 Å². The van der Waals surface area contributed by atoms with Crippen LogP contribution < -0.4 is 31.3 Å². The van der Waals surface area contributed by atoms with Crippen molar-refractivity contribution in [2.45, 2.75) is 155 Å². The Morgan fingerprint density at radius 3 is 1.71 bits per heavy atom. The van der Waals surface area contributed by atoms with E-state index in [9.17, 15) is 5.48 Å². The maximum absolute atomic E-state index is 9.76. The molecule has 1 aromatic heterocycles. The van der Waals surface area contributed by atoms with E-state index in [0.29, 0.717) is 11.4 Å². The van der Waals surface area contributed by atoms with Crippen molar-refractivity contribution in [3.05, 3.63) is 191 Å². The normalized spacial score (nSPS) is 18.5. The summed E-state index contributed by atoms with van der Waals surface area (Å²) in [5.41, 5.74) is 18.5. The van der Waals surface area contributed by atoms with Crippen molar-refractivity contribution in [3.8, 4) is 0 Å². The Bertz CT molecular complexity index is 4150. The van der Waals surface area contributed by atoms with Crippen LogP contribution in [0.25, 0.3) is 21.7 Å². The number of furan rings is 1. The van der Waals surface area contributed by atoms with Crippen LogP contribution in [0.4, 0.5) is 51.2 Å². The van der Waals surface area contributed by atoms with Gasteiger partial charge in [0.1, 0.15) is 5.58 Å². The molecule has 5 heteroatoms. The summed E-state index contributed by atoms with van der Waals surface area (Å²) in [6.07, 6.45) is 4.28. The molecule has 0 saturated heterocycles. The molecule has 9 aromatic rings. The molecule has 3 heterocycles. The van der Waals surface area contributed by atoms with Crippen molar-refractivity contribution in [2.75, 3.05) is 14.7 Å². The highest BCUT2D eigenvalue weighted by atomic mass is 16.3. The number of nitrogens with zero attached hydrogens (tertiary/aromatic N) is 3. The number of benzene rings is 8. The Morgan fingerprint density at radius 2 is 1.06 bits per heavy atom. The number of fused-ring (bicyclic) bond motifs is 9. The Morgan fingerprint density at radius 1 is 0.494 bits per heavy atom. The topological polar surface area (TPSA) is 22.9 Å². The smallest absolute Gasteiger partial charge is 0.297 e. The average molecular weight is 1020 g/mol. The largest absolute Gasteiger partial charge is 0.468 e. The van der Waals surface area contributed by atoms with E-state index in [1.165, 1.54) is 33.4 Å². The van der Waals surface area contributed by atoms with Crippen LogP contribution in [0.3, 0.4) is 0 Å². The van der Waals surface area contributed by atoms with Crippen LogP contribution in [0.2, 0.25) is 0 Å². The summed E-state index contributed by atoms with van der Waals surface area (Å²) in [7, 11) is 0. The first-order chi connectivity index (χ1) is 38.5. The van der Waals surface area contributed by atoms with Crippen molar-refractivity contribution in [1.29, 1.82) is 0 Å². The molecule has 4 nitrogen and oxygen atoms in total. The lowest BCUT2D eigenvalue weighted by Gasteiger charge is -2.45. The van der Waals surface area contributed by atoms with Crippen LogP contribution in [0.1, 0.15) is 163 Å². The zero-order valence-corrected chi connectivity index (χ0v) is 47.8.